The molecule has 0 spiro atoms. The van der Waals surface area contributed by atoms with E-state index in [0.29, 0.717) is 29.9 Å². The third-order valence-corrected chi connectivity index (χ3v) is 3.28. The van der Waals surface area contributed by atoms with E-state index < -0.39 is 11.3 Å². The highest BCUT2D eigenvalue weighted by Gasteiger charge is 2.22. The molecular formula is C15H24Cl2N4O3. The molecule has 3 N–H and O–H groups in total. The van der Waals surface area contributed by atoms with Gasteiger partial charge in [0.1, 0.15) is 0 Å². The number of carbonyl (C=O) groups is 1. The van der Waals surface area contributed by atoms with Crippen molar-refractivity contribution in [3.63, 3.8) is 0 Å². The Bertz CT molecular complexity index is 747. The summed E-state index contributed by atoms with van der Waals surface area (Å²) in [5.74, 6) is -0.697. The molecule has 9 heteroatoms. The predicted octanol–water partition coefficient (Wildman–Crippen LogP) is 1.68. The molecule has 0 aliphatic rings. The van der Waals surface area contributed by atoms with Crippen LogP contribution in [0.5, 0.6) is 0 Å². The van der Waals surface area contributed by atoms with Crippen molar-refractivity contribution in [1.82, 2.24) is 9.47 Å². The third kappa shape index (κ3) is 5.24. The first-order valence-corrected chi connectivity index (χ1v) is 7.07. The Kier molecular flexibility index (Phi) is 7.98. The summed E-state index contributed by atoms with van der Waals surface area (Å²) in [7, 11) is 3.87. The smallest absolute Gasteiger partial charge is 0.408 e. The molecule has 7 nitrogen and oxygen atoms in total. The lowest BCUT2D eigenvalue weighted by atomic mass is 10.1. The van der Waals surface area contributed by atoms with E-state index >= 15 is 0 Å². The highest BCUT2D eigenvalue weighted by Crippen LogP contribution is 2.19. The zero-order valence-electron chi connectivity index (χ0n) is 14.2. The molecular weight excluding hydrogens is 355 g/mol. The van der Waals surface area contributed by atoms with E-state index in [1.54, 1.807) is 36.6 Å². The second-order valence-electron chi connectivity index (χ2n) is 6.18. The van der Waals surface area contributed by atoms with Gasteiger partial charge in [0.25, 0.3) is 0 Å². The van der Waals surface area contributed by atoms with Crippen molar-refractivity contribution in [2.24, 2.45) is 5.73 Å². The van der Waals surface area contributed by atoms with Gasteiger partial charge in [-0.25, -0.2) is 4.79 Å². The van der Waals surface area contributed by atoms with E-state index in [-0.39, 0.29) is 30.7 Å². The van der Waals surface area contributed by atoms with Gasteiger partial charge in [-0.2, -0.15) is 0 Å². The fourth-order valence-electron chi connectivity index (χ4n) is 1.94. The van der Waals surface area contributed by atoms with Crippen molar-refractivity contribution in [1.29, 1.82) is 0 Å². The van der Waals surface area contributed by atoms with Gasteiger partial charge in [-0.1, -0.05) is 0 Å². The summed E-state index contributed by atoms with van der Waals surface area (Å²) in [4.78, 5) is 25.8. The molecule has 0 fully saturated rings. The number of nitrogens with zero attached hydrogens (tertiary/aromatic N) is 2. The first kappa shape index (κ1) is 22.5. The van der Waals surface area contributed by atoms with Gasteiger partial charge in [0, 0.05) is 18.8 Å². The minimum Gasteiger partial charge on any atom is -0.408 e. The summed E-state index contributed by atoms with van der Waals surface area (Å²) >= 11 is 0. The lowest BCUT2D eigenvalue weighted by Gasteiger charge is -2.17. The van der Waals surface area contributed by atoms with Crippen LogP contribution >= 0.6 is 24.8 Å². The second kappa shape index (κ2) is 8.53. The van der Waals surface area contributed by atoms with Crippen LogP contribution in [0.3, 0.4) is 0 Å². The minimum absolute atomic E-state index is 0. The van der Waals surface area contributed by atoms with Crippen molar-refractivity contribution in [2.75, 3.05) is 26.0 Å². The number of nitrogens with two attached hydrogens (primary N) is 1. The number of hydrogen-bond donors (Lipinski definition) is 2. The Morgan fingerprint density at radius 2 is 1.96 bits per heavy atom. The van der Waals surface area contributed by atoms with E-state index in [2.05, 4.69) is 5.32 Å². The molecule has 0 aliphatic carbocycles. The largest absolute Gasteiger partial charge is 0.419 e. The highest BCUT2D eigenvalue weighted by atomic mass is 35.5. The number of rotatable bonds is 5. The monoisotopic (exact) mass is 378 g/mol. The number of fused-ring (bicyclic) bond motifs is 1. The molecule has 0 atom stereocenters. The Morgan fingerprint density at radius 1 is 1.33 bits per heavy atom. The maximum absolute atomic E-state index is 11.9. The first-order chi connectivity index (χ1) is 10.2. The average molecular weight is 379 g/mol. The average Bonchev–Trinajstić information content (AvgIpc) is 2.70. The molecule has 0 radical (unpaired) electrons. The Hall–Kier alpha value is -1.54. The summed E-state index contributed by atoms with van der Waals surface area (Å²) in [6.45, 7) is 4.48. The van der Waals surface area contributed by atoms with Crippen molar-refractivity contribution >= 4 is 47.5 Å². The maximum Gasteiger partial charge on any atom is 0.419 e. The van der Waals surface area contributed by atoms with E-state index in [1.165, 1.54) is 0 Å². The van der Waals surface area contributed by atoms with Gasteiger partial charge in [0.2, 0.25) is 5.91 Å². The molecule has 0 aliphatic heterocycles. The van der Waals surface area contributed by atoms with Crippen LogP contribution in [0.15, 0.2) is 27.4 Å². The molecule has 1 amide bonds. The number of carbonyl (C=O) groups excluding carboxylic acids is 1. The molecule has 136 valence electrons. The molecule has 1 aromatic heterocycles. The second-order valence-corrected chi connectivity index (χ2v) is 6.18. The first-order valence-electron chi connectivity index (χ1n) is 7.07. The van der Waals surface area contributed by atoms with Gasteiger partial charge < -0.3 is 20.4 Å². The molecule has 0 saturated heterocycles. The number of amides is 1. The number of anilines is 1. The standard InChI is InChI=1S/C15H22N4O3.2ClH/c1-15(2,16)13(20)17-10-5-6-12-11(9-10)19(14(21)22-12)8-7-18(3)4;;/h5-6,9H,7-8,16H2,1-4H3,(H,17,20);2*1H. The maximum atomic E-state index is 11.9. The van der Waals surface area contributed by atoms with Crippen molar-refractivity contribution < 1.29 is 9.21 Å². The Balaban J connectivity index is 0.00000264. The number of oxazole rings is 1. The van der Waals surface area contributed by atoms with Gasteiger partial charge in [-0.05, 0) is 46.1 Å². The number of aromatic nitrogens is 1. The van der Waals surface area contributed by atoms with Crippen molar-refractivity contribution in [2.45, 2.75) is 25.9 Å². The zero-order chi connectivity index (χ0) is 16.5. The topological polar surface area (TPSA) is 93.5 Å². The fourth-order valence-corrected chi connectivity index (χ4v) is 1.94. The van der Waals surface area contributed by atoms with Crippen LogP contribution in [0.1, 0.15) is 13.8 Å². The van der Waals surface area contributed by atoms with Crippen molar-refractivity contribution in [3.05, 3.63) is 28.7 Å². The van der Waals surface area contributed by atoms with E-state index in [0.717, 1.165) is 0 Å². The number of hydrogen-bond acceptors (Lipinski definition) is 5. The van der Waals surface area contributed by atoms with Crippen LogP contribution in [0.4, 0.5) is 5.69 Å². The zero-order valence-corrected chi connectivity index (χ0v) is 15.8. The minimum atomic E-state index is -0.976. The lowest BCUT2D eigenvalue weighted by Crippen LogP contribution is -2.45. The molecule has 1 aromatic carbocycles. The number of benzene rings is 1. The normalized spacial score (nSPS) is 11.1. The summed E-state index contributed by atoms with van der Waals surface area (Å²) in [5, 5.41) is 2.74. The Morgan fingerprint density at radius 3 is 2.50 bits per heavy atom. The van der Waals surface area contributed by atoms with Gasteiger partial charge in [-0.15, -0.1) is 24.8 Å². The SMILES string of the molecule is CN(C)CCn1c(=O)oc2ccc(NC(=O)C(C)(C)N)cc21.Cl.Cl. The molecule has 1 heterocycles. The van der Waals surface area contributed by atoms with Crippen LogP contribution in [0, 0.1) is 0 Å². The predicted molar refractivity (Wildman–Crippen MR) is 100 cm³/mol. The molecule has 0 saturated carbocycles. The molecule has 0 bridgehead atoms. The summed E-state index contributed by atoms with van der Waals surface area (Å²) < 4.78 is 6.76. The number of halogens is 2. The third-order valence-electron chi connectivity index (χ3n) is 3.28. The van der Waals surface area contributed by atoms with E-state index in [4.69, 9.17) is 10.2 Å². The van der Waals surface area contributed by atoms with Crippen LogP contribution in [0.25, 0.3) is 11.1 Å². The number of likely N-dealkylation sites (N-methyl/N-ethyl adjacent to an activating group) is 1. The lowest BCUT2D eigenvalue weighted by molar-refractivity contribution is -0.120. The van der Waals surface area contributed by atoms with Gasteiger partial charge in [0.15, 0.2) is 5.58 Å². The van der Waals surface area contributed by atoms with E-state index in [1.807, 2.05) is 19.0 Å². The van der Waals surface area contributed by atoms with E-state index in [9.17, 15) is 9.59 Å². The quantitative estimate of drug-likeness (QED) is 0.825. The van der Waals surface area contributed by atoms with Gasteiger partial charge in [0.05, 0.1) is 11.1 Å². The van der Waals surface area contributed by atoms with Gasteiger partial charge in [-0.3, -0.25) is 9.36 Å². The molecule has 0 unspecified atom stereocenters. The summed E-state index contributed by atoms with van der Waals surface area (Å²) in [5.41, 5.74) is 6.51. The number of nitrogens with one attached hydrogen (secondary N) is 1. The van der Waals surface area contributed by atoms with Crippen LogP contribution in [-0.2, 0) is 11.3 Å². The Labute approximate surface area is 153 Å². The summed E-state index contributed by atoms with van der Waals surface area (Å²) in [6.07, 6.45) is 0. The van der Waals surface area contributed by atoms with Crippen LogP contribution in [-0.4, -0.2) is 41.6 Å². The van der Waals surface area contributed by atoms with Crippen LogP contribution < -0.4 is 16.8 Å². The molecule has 2 rings (SSSR count). The highest BCUT2D eigenvalue weighted by molar-refractivity contribution is 5.98. The molecule has 2 aromatic rings. The van der Waals surface area contributed by atoms with Crippen molar-refractivity contribution in [3.8, 4) is 0 Å². The van der Waals surface area contributed by atoms with Crippen LogP contribution in [0.2, 0.25) is 0 Å². The summed E-state index contributed by atoms with van der Waals surface area (Å²) in [6, 6.07) is 5.08. The fraction of sp³-hybridized carbons (Fsp3) is 0.467. The van der Waals surface area contributed by atoms with Gasteiger partial charge >= 0.3 is 5.76 Å². The molecule has 24 heavy (non-hydrogen) atoms.